The molecule has 46 heavy (non-hydrogen) atoms. The Labute approximate surface area is 261 Å². The molecule has 0 spiro atoms. The van der Waals surface area contributed by atoms with Crippen LogP contribution in [0.5, 0.6) is 0 Å². The maximum atomic E-state index is 14.1. The third-order valence-corrected chi connectivity index (χ3v) is 9.31. The Morgan fingerprint density at radius 2 is 2.04 bits per heavy atom. The summed E-state index contributed by atoms with van der Waals surface area (Å²) in [6.07, 6.45) is 0.480. The molecule has 6 rings (SSSR count). The van der Waals surface area contributed by atoms with Crippen molar-refractivity contribution < 1.29 is 36.3 Å². The summed E-state index contributed by atoms with van der Waals surface area (Å²) in [5.74, 6) is -6.56. The molecule has 1 saturated carbocycles. The highest BCUT2D eigenvalue weighted by atomic mass is 19.4. The fourth-order valence-corrected chi connectivity index (χ4v) is 6.71. The van der Waals surface area contributed by atoms with Crippen molar-refractivity contribution in [3.63, 3.8) is 0 Å². The molecular formula is C31H36F5N7O3. The number of amides is 2. The molecule has 0 bridgehead atoms. The molecule has 3 atom stereocenters. The van der Waals surface area contributed by atoms with E-state index in [2.05, 4.69) is 15.7 Å². The summed E-state index contributed by atoms with van der Waals surface area (Å²) >= 11 is 0. The van der Waals surface area contributed by atoms with Gasteiger partial charge in [-0.2, -0.15) is 23.4 Å². The lowest BCUT2D eigenvalue weighted by atomic mass is 9.81. The van der Waals surface area contributed by atoms with Gasteiger partial charge in [-0.25, -0.2) is 18.3 Å². The lowest BCUT2D eigenvalue weighted by Gasteiger charge is -2.33. The van der Waals surface area contributed by atoms with Crippen LogP contribution in [0.25, 0.3) is 11.2 Å². The Bertz CT molecular complexity index is 1620. The number of aromatic nitrogens is 5. The number of halogens is 5. The van der Waals surface area contributed by atoms with Gasteiger partial charge in [0.25, 0.3) is 5.91 Å². The number of imidazole rings is 1. The molecule has 3 aromatic heterocycles. The first-order valence-electron chi connectivity index (χ1n) is 15.6. The minimum absolute atomic E-state index is 0.0196. The molecule has 1 saturated heterocycles. The van der Waals surface area contributed by atoms with Gasteiger partial charge in [0.2, 0.25) is 11.8 Å². The Kier molecular flexibility index (Phi) is 8.87. The van der Waals surface area contributed by atoms with Crippen LogP contribution in [-0.2, 0) is 22.5 Å². The van der Waals surface area contributed by atoms with Crippen LogP contribution in [0, 0.1) is 17.8 Å². The van der Waals surface area contributed by atoms with Crippen molar-refractivity contribution in [2.24, 2.45) is 17.8 Å². The molecule has 3 aromatic rings. The lowest BCUT2D eigenvalue weighted by Crippen LogP contribution is -2.47. The zero-order valence-electron chi connectivity index (χ0n) is 25.3. The van der Waals surface area contributed by atoms with Gasteiger partial charge in [0, 0.05) is 50.0 Å². The summed E-state index contributed by atoms with van der Waals surface area (Å²) in [6.45, 7) is 2.66. The van der Waals surface area contributed by atoms with E-state index >= 15 is 0 Å². The smallest absolute Gasteiger partial charge is 0.377 e. The van der Waals surface area contributed by atoms with Gasteiger partial charge in [-0.3, -0.25) is 14.3 Å². The standard InChI is InChI=1S/C31H36F5N7O3/c1-2-42-25(5-10-38-42)29(45)40-27(19-3-8-30(32,33)9-4-19)24-17-43-26(39-24)15-22(18-6-11-46-12-7-18)23(41-43)14-20-13-21(31(34,35)36)16-37-28(20)44/h5-6,10,15,17,19-21,27H,2-4,7-9,11-14,16H2,1H3,(H,37,44)(H,40,45)/t20-,21-,27+/m1/s1. The van der Waals surface area contributed by atoms with Crippen LogP contribution in [-0.4, -0.2) is 68.1 Å². The van der Waals surface area contributed by atoms with Crippen LogP contribution in [0.2, 0.25) is 0 Å². The van der Waals surface area contributed by atoms with E-state index in [-0.39, 0.29) is 44.4 Å². The molecule has 0 unspecified atom stereocenters. The molecule has 2 aliphatic heterocycles. The molecule has 0 radical (unpaired) electrons. The molecule has 248 valence electrons. The third-order valence-electron chi connectivity index (χ3n) is 9.31. The van der Waals surface area contributed by atoms with Gasteiger partial charge in [-0.1, -0.05) is 6.08 Å². The minimum Gasteiger partial charge on any atom is -0.377 e. The topological polar surface area (TPSA) is 115 Å². The van der Waals surface area contributed by atoms with E-state index in [0.717, 1.165) is 5.57 Å². The predicted molar refractivity (Wildman–Crippen MR) is 156 cm³/mol. The Hall–Kier alpha value is -3.88. The number of nitrogens with one attached hydrogen (secondary N) is 2. The average Bonchev–Trinajstić information content (AvgIpc) is 3.67. The zero-order chi connectivity index (χ0) is 32.6. The first kappa shape index (κ1) is 32.1. The summed E-state index contributed by atoms with van der Waals surface area (Å²) in [7, 11) is 0. The number of hydrogen-bond acceptors (Lipinski definition) is 6. The van der Waals surface area contributed by atoms with Crippen molar-refractivity contribution in [1.29, 1.82) is 0 Å². The van der Waals surface area contributed by atoms with Crippen LogP contribution >= 0.6 is 0 Å². The molecule has 2 N–H and O–H groups in total. The van der Waals surface area contributed by atoms with E-state index in [1.807, 2.05) is 13.0 Å². The van der Waals surface area contributed by atoms with Gasteiger partial charge in [0.1, 0.15) is 5.69 Å². The number of hydrogen-bond donors (Lipinski definition) is 2. The second-order valence-corrected chi connectivity index (χ2v) is 12.3. The number of carbonyl (C=O) groups excluding carboxylic acids is 2. The quantitative estimate of drug-likeness (QED) is 0.336. The molecule has 1 aliphatic carbocycles. The van der Waals surface area contributed by atoms with Crippen LogP contribution in [0.3, 0.4) is 0 Å². The molecule has 0 aromatic carbocycles. The normalized spacial score (nSPS) is 23.2. The number of rotatable bonds is 8. The highest BCUT2D eigenvalue weighted by molar-refractivity contribution is 5.92. The molecule has 10 nitrogen and oxygen atoms in total. The van der Waals surface area contributed by atoms with Crippen molar-refractivity contribution in [2.75, 3.05) is 19.8 Å². The summed E-state index contributed by atoms with van der Waals surface area (Å²) in [4.78, 5) is 30.9. The van der Waals surface area contributed by atoms with E-state index in [9.17, 15) is 31.5 Å². The Morgan fingerprint density at radius 1 is 1.26 bits per heavy atom. The largest absolute Gasteiger partial charge is 0.393 e. The van der Waals surface area contributed by atoms with Crippen molar-refractivity contribution in [3.05, 3.63) is 53.2 Å². The monoisotopic (exact) mass is 649 g/mol. The van der Waals surface area contributed by atoms with E-state index in [0.29, 0.717) is 54.5 Å². The van der Waals surface area contributed by atoms with Crippen LogP contribution in [0.15, 0.2) is 30.6 Å². The highest BCUT2D eigenvalue weighted by Crippen LogP contribution is 2.42. The van der Waals surface area contributed by atoms with Crippen molar-refractivity contribution in [2.45, 2.75) is 76.6 Å². The third kappa shape index (κ3) is 6.79. The second-order valence-electron chi connectivity index (χ2n) is 12.3. The van der Waals surface area contributed by atoms with Gasteiger partial charge in [-0.15, -0.1) is 0 Å². The Balaban J connectivity index is 1.37. The van der Waals surface area contributed by atoms with E-state index in [1.54, 1.807) is 18.3 Å². The lowest BCUT2D eigenvalue weighted by molar-refractivity contribution is -0.183. The van der Waals surface area contributed by atoms with Gasteiger partial charge in [0.05, 0.1) is 42.8 Å². The molecule has 15 heteroatoms. The van der Waals surface area contributed by atoms with Gasteiger partial charge < -0.3 is 15.4 Å². The number of carbonyl (C=O) groups is 2. The molecule has 2 amide bonds. The van der Waals surface area contributed by atoms with E-state index < -0.39 is 48.3 Å². The van der Waals surface area contributed by atoms with Gasteiger partial charge in [0.15, 0.2) is 5.65 Å². The van der Waals surface area contributed by atoms with Crippen LogP contribution in [0.1, 0.15) is 78.9 Å². The molecule has 5 heterocycles. The van der Waals surface area contributed by atoms with Crippen molar-refractivity contribution >= 4 is 23.0 Å². The zero-order valence-corrected chi connectivity index (χ0v) is 25.3. The first-order chi connectivity index (χ1) is 21.9. The minimum atomic E-state index is -4.44. The van der Waals surface area contributed by atoms with Gasteiger partial charge in [-0.05, 0) is 56.2 Å². The number of alkyl halides is 5. The summed E-state index contributed by atoms with van der Waals surface area (Å²) in [5, 5.41) is 14.3. The number of ether oxygens (including phenoxy) is 1. The summed E-state index contributed by atoms with van der Waals surface area (Å²) in [5.41, 5.74) is 3.17. The van der Waals surface area contributed by atoms with Crippen LogP contribution < -0.4 is 10.6 Å². The number of fused-ring (bicyclic) bond motifs is 1. The fraction of sp³-hybridized carbons (Fsp3) is 0.581. The van der Waals surface area contributed by atoms with Crippen molar-refractivity contribution in [1.82, 2.24) is 35.0 Å². The second kappa shape index (κ2) is 12.7. The first-order valence-corrected chi connectivity index (χ1v) is 15.6. The fourth-order valence-electron chi connectivity index (χ4n) is 6.71. The molecule has 2 fully saturated rings. The van der Waals surface area contributed by atoms with E-state index in [1.165, 1.54) is 15.4 Å². The maximum absolute atomic E-state index is 14.1. The summed E-state index contributed by atoms with van der Waals surface area (Å²) in [6, 6.07) is 2.66. The average molecular weight is 650 g/mol. The molecule has 3 aliphatic rings. The number of nitrogens with zero attached hydrogens (tertiary/aromatic N) is 5. The number of aryl methyl sites for hydroxylation is 1. The van der Waals surface area contributed by atoms with Crippen LogP contribution in [0.4, 0.5) is 22.0 Å². The molecular weight excluding hydrogens is 613 g/mol. The highest BCUT2D eigenvalue weighted by Gasteiger charge is 2.45. The van der Waals surface area contributed by atoms with Gasteiger partial charge >= 0.3 is 6.18 Å². The Morgan fingerprint density at radius 3 is 2.74 bits per heavy atom. The van der Waals surface area contributed by atoms with E-state index in [4.69, 9.17) is 14.8 Å². The predicted octanol–water partition coefficient (Wildman–Crippen LogP) is 4.90. The van der Waals surface area contributed by atoms with Crippen molar-refractivity contribution in [3.8, 4) is 0 Å². The summed E-state index contributed by atoms with van der Waals surface area (Å²) < 4.78 is 77.5. The number of piperidine rings is 1. The SMILES string of the molecule is CCn1nccc1C(=O)N[C@H](c1cn2nc(C[C@H]3C[C@@H](C(F)(F)F)CNC3=O)c(C3=CCOCC3)cc2n1)C1CCC(F)(F)CC1. The maximum Gasteiger partial charge on any atom is 0.393 e.